The van der Waals surface area contributed by atoms with Crippen LogP contribution in [0.2, 0.25) is 0 Å². The Balaban J connectivity index is 2.97. The normalized spacial score (nSPS) is 10.6. The molecule has 0 N–H and O–H groups in total. The van der Waals surface area contributed by atoms with Gasteiger partial charge in [0.2, 0.25) is 0 Å². The number of terminal acetylenes is 1. The van der Waals surface area contributed by atoms with Crippen LogP contribution in [-0.2, 0) is 10.2 Å². The summed E-state index contributed by atoms with van der Waals surface area (Å²) in [5, 5.41) is 0. The summed E-state index contributed by atoms with van der Waals surface area (Å²) in [4.78, 5) is 11.7. The van der Waals surface area contributed by atoms with Crippen LogP contribution in [0.25, 0.3) is 0 Å². The van der Waals surface area contributed by atoms with Gasteiger partial charge in [-0.2, -0.15) is 0 Å². The lowest BCUT2D eigenvalue weighted by Gasteiger charge is -2.22. The van der Waals surface area contributed by atoms with E-state index in [0.717, 1.165) is 5.56 Å². The van der Waals surface area contributed by atoms with Gasteiger partial charge in [0.15, 0.2) is 5.78 Å². The molecule has 1 nitrogen and oxygen atoms in total. The average Bonchev–Trinajstić information content (AvgIpc) is 2.19. The maximum Gasteiger partial charge on any atom is 0.154 e. The Hall–Kier alpha value is -1.55. The lowest BCUT2D eigenvalue weighted by Crippen LogP contribution is -2.28. The second kappa shape index (κ2) is 4.11. The van der Waals surface area contributed by atoms with Crippen molar-refractivity contribution in [2.75, 3.05) is 0 Å². The number of hydrogen-bond donors (Lipinski definition) is 0. The zero-order valence-electron chi connectivity index (χ0n) is 8.58. The highest BCUT2D eigenvalue weighted by Gasteiger charge is 2.28. The van der Waals surface area contributed by atoms with Crippen LogP contribution in [0.4, 0.5) is 0 Å². The van der Waals surface area contributed by atoms with Crippen LogP contribution in [-0.4, -0.2) is 5.78 Å². The summed E-state index contributed by atoms with van der Waals surface area (Å²) in [6.07, 6.45) is 5.33. The molecule has 0 bridgehead atoms. The highest BCUT2D eigenvalue weighted by molar-refractivity contribution is 5.90. The molecule has 0 saturated heterocycles. The van der Waals surface area contributed by atoms with Crippen molar-refractivity contribution in [1.29, 1.82) is 0 Å². The molecule has 0 fully saturated rings. The highest BCUT2D eigenvalue weighted by Crippen LogP contribution is 2.24. The van der Waals surface area contributed by atoms with E-state index in [9.17, 15) is 4.79 Å². The van der Waals surface area contributed by atoms with Crippen molar-refractivity contribution in [1.82, 2.24) is 0 Å². The number of rotatable bonds is 3. The first kappa shape index (κ1) is 10.5. The van der Waals surface area contributed by atoms with E-state index in [1.165, 1.54) is 0 Å². The predicted molar refractivity (Wildman–Crippen MR) is 57.9 cm³/mol. The summed E-state index contributed by atoms with van der Waals surface area (Å²) in [6, 6.07) is 9.70. The fraction of sp³-hybridized carbons (Fsp3) is 0.308. The first-order valence-corrected chi connectivity index (χ1v) is 4.61. The molecule has 1 rings (SSSR count). The summed E-state index contributed by atoms with van der Waals surface area (Å²) in [7, 11) is 0. The third-order valence-corrected chi connectivity index (χ3v) is 2.46. The molecule has 72 valence electrons. The van der Waals surface area contributed by atoms with Crippen molar-refractivity contribution in [2.45, 2.75) is 25.7 Å². The molecule has 0 amide bonds. The van der Waals surface area contributed by atoms with Gasteiger partial charge in [-0.3, -0.25) is 4.79 Å². The van der Waals surface area contributed by atoms with Crippen molar-refractivity contribution in [2.24, 2.45) is 0 Å². The predicted octanol–water partition coefficient (Wildman–Crippen LogP) is 2.56. The van der Waals surface area contributed by atoms with Crippen LogP contribution in [0.1, 0.15) is 25.8 Å². The lowest BCUT2D eigenvalue weighted by molar-refractivity contribution is -0.122. The van der Waals surface area contributed by atoms with Crippen LogP contribution in [0.5, 0.6) is 0 Å². The monoisotopic (exact) mass is 186 g/mol. The van der Waals surface area contributed by atoms with Crippen LogP contribution in [0, 0.1) is 12.3 Å². The lowest BCUT2D eigenvalue weighted by atomic mass is 9.79. The van der Waals surface area contributed by atoms with Gasteiger partial charge in [0.25, 0.3) is 0 Å². The van der Waals surface area contributed by atoms with Gasteiger partial charge >= 0.3 is 0 Å². The quantitative estimate of drug-likeness (QED) is 0.663. The zero-order valence-corrected chi connectivity index (χ0v) is 8.58. The molecule has 0 saturated carbocycles. The number of carbonyl (C=O) groups is 1. The van der Waals surface area contributed by atoms with Gasteiger partial charge in [-0.25, -0.2) is 0 Å². The third-order valence-electron chi connectivity index (χ3n) is 2.46. The van der Waals surface area contributed by atoms with E-state index in [1.54, 1.807) is 0 Å². The van der Waals surface area contributed by atoms with Crippen LogP contribution >= 0.6 is 0 Å². The standard InChI is InChI=1S/C13H14O/c1-4-8-12(14)13(2,3)11-9-6-5-7-10-11/h1,5-7,9-10H,8H2,2-3H3. The molecule has 1 aromatic rings. The number of hydrogen-bond acceptors (Lipinski definition) is 1. The topological polar surface area (TPSA) is 17.1 Å². The van der Waals surface area contributed by atoms with Crippen molar-refractivity contribution in [3.8, 4) is 12.3 Å². The summed E-state index contributed by atoms with van der Waals surface area (Å²) >= 11 is 0. The zero-order chi connectivity index (χ0) is 10.6. The van der Waals surface area contributed by atoms with Gasteiger partial charge in [0.1, 0.15) is 0 Å². The molecule has 0 unspecified atom stereocenters. The molecule has 0 aliphatic heterocycles. The van der Waals surface area contributed by atoms with Crippen molar-refractivity contribution in [3.63, 3.8) is 0 Å². The number of benzene rings is 1. The second-order valence-corrected chi connectivity index (χ2v) is 3.80. The Morgan fingerprint density at radius 2 is 1.93 bits per heavy atom. The maximum absolute atomic E-state index is 11.7. The molecule has 0 spiro atoms. The largest absolute Gasteiger partial charge is 0.298 e. The van der Waals surface area contributed by atoms with E-state index in [0.29, 0.717) is 0 Å². The second-order valence-electron chi connectivity index (χ2n) is 3.80. The Bertz CT molecular complexity index is 355. The molecule has 14 heavy (non-hydrogen) atoms. The Morgan fingerprint density at radius 1 is 1.36 bits per heavy atom. The number of Topliss-reactive ketones (excluding diaryl/α,β-unsaturated/α-hetero) is 1. The fourth-order valence-electron chi connectivity index (χ4n) is 1.33. The molecule has 1 heteroatoms. The average molecular weight is 186 g/mol. The minimum Gasteiger partial charge on any atom is -0.298 e. The molecular formula is C13H14O. The number of carbonyl (C=O) groups excluding carboxylic acids is 1. The van der Waals surface area contributed by atoms with E-state index in [1.807, 2.05) is 44.2 Å². The minimum absolute atomic E-state index is 0.0891. The van der Waals surface area contributed by atoms with Gasteiger partial charge < -0.3 is 0 Å². The SMILES string of the molecule is C#CCC(=O)C(C)(C)c1ccccc1. The molecule has 0 aromatic heterocycles. The van der Waals surface area contributed by atoms with E-state index in [-0.39, 0.29) is 12.2 Å². The van der Waals surface area contributed by atoms with Crippen molar-refractivity contribution in [3.05, 3.63) is 35.9 Å². The molecule has 0 atom stereocenters. The van der Waals surface area contributed by atoms with Crippen molar-refractivity contribution >= 4 is 5.78 Å². The van der Waals surface area contributed by atoms with Gasteiger partial charge in [-0.15, -0.1) is 6.42 Å². The van der Waals surface area contributed by atoms with Gasteiger partial charge in [-0.05, 0) is 19.4 Å². The van der Waals surface area contributed by atoms with Crippen LogP contribution < -0.4 is 0 Å². The van der Waals surface area contributed by atoms with Crippen LogP contribution in [0.15, 0.2) is 30.3 Å². The Labute approximate surface area is 85.1 Å². The summed E-state index contributed by atoms with van der Waals surface area (Å²) in [6.45, 7) is 3.81. The van der Waals surface area contributed by atoms with E-state index >= 15 is 0 Å². The minimum atomic E-state index is -0.479. The molecule has 0 radical (unpaired) electrons. The van der Waals surface area contributed by atoms with E-state index in [4.69, 9.17) is 6.42 Å². The van der Waals surface area contributed by atoms with Crippen molar-refractivity contribution < 1.29 is 4.79 Å². The smallest absolute Gasteiger partial charge is 0.154 e. The first-order chi connectivity index (χ1) is 6.59. The first-order valence-electron chi connectivity index (χ1n) is 4.61. The summed E-state index contributed by atoms with van der Waals surface area (Å²) < 4.78 is 0. The van der Waals surface area contributed by atoms with E-state index in [2.05, 4.69) is 5.92 Å². The molecule has 1 aromatic carbocycles. The molecule has 0 aliphatic rings. The van der Waals surface area contributed by atoms with Gasteiger partial charge in [0, 0.05) is 5.41 Å². The Kier molecular flexibility index (Phi) is 3.09. The highest BCUT2D eigenvalue weighted by atomic mass is 16.1. The van der Waals surface area contributed by atoms with Crippen LogP contribution in [0.3, 0.4) is 0 Å². The third kappa shape index (κ3) is 2.03. The molecule has 0 heterocycles. The fourth-order valence-corrected chi connectivity index (χ4v) is 1.33. The maximum atomic E-state index is 11.7. The number of ketones is 1. The van der Waals surface area contributed by atoms with Gasteiger partial charge in [0.05, 0.1) is 6.42 Å². The summed E-state index contributed by atoms with van der Waals surface area (Å²) in [5.41, 5.74) is 0.536. The molecule has 0 aliphatic carbocycles. The van der Waals surface area contributed by atoms with Gasteiger partial charge in [-0.1, -0.05) is 36.3 Å². The molecular weight excluding hydrogens is 172 g/mol. The van der Waals surface area contributed by atoms with E-state index < -0.39 is 5.41 Å². The Morgan fingerprint density at radius 3 is 2.43 bits per heavy atom. The summed E-state index contributed by atoms with van der Waals surface area (Å²) in [5.74, 6) is 2.48.